The monoisotopic (exact) mass is 532 g/mol. The second-order valence-corrected chi connectivity index (χ2v) is 11.1. The van der Waals surface area contributed by atoms with Crippen LogP contribution in [0.15, 0.2) is 134 Å². The van der Waals surface area contributed by atoms with Crippen LogP contribution in [0, 0.1) is 0 Å². The smallest absolute Gasteiger partial charge is 0.138 e. The normalized spacial score (nSPS) is 11.3. The molecule has 0 unspecified atom stereocenters. The van der Waals surface area contributed by atoms with Crippen LogP contribution in [0.1, 0.15) is 26.3 Å². The van der Waals surface area contributed by atoms with Gasteiger partial charge in [-0.1, -0.05) is 81.4 Å². The van der Waals surface area contributed by atoms with Crippen LogP contribution in [0.3, 0.4) is 0 Å². The van der Waals surface area contributed by atoms with Gasteiger partial charge in [0.05, 0.1) is 11.4 Å². The van der Waals surface area contributed by atoms with Crippen molar-refractivity contribution in [1.82, 2.24) is 15.0 Å². The van der Waals surface area contributed by atoms with Gasteiger partial charge in [0.1, 0.15) is 5.82 Å². The maximum absolute atomic E-state index is 4.82. The summed E-state index contributed by atoms with van der Waals surface area (Å²) in [5.41, 5.74) is 10.5. The molecule has 6 aromatic rings. The summed E-state index contributed by atoms with van der Waals surface area (Å²) >= 11 is 0. The van der Waals surface area contributed by atoms with Crippen molar-refractivity contribution in [3.8, 4) is 44.8 Å². The van der Waals surface area contributed by atoms with Gasteiger partial charge in [-0.05, 0) is 82.3 Å². The summed E-state index contributed by atoms with van der Waals surface area (Å²) in [7, 11) is 0. The third kappa shape index (κ3) is 5.78. The van der Waals surface area contributed by atoms with E-state index < -0.39 is 0 Å². The lowest BCUT2D eigenvalue weighted by molar-refractivity contribution is 0.590. The highest BCUT2D eigenvalue weighted by atomic mass is 15.0. The van der Waals surface area contributed by atoms with Gasteiger partial charge in [-0.2, -0.15) is 0 Å². The number of aromatic nitrogens is 3. The Labute approximate surface area is 241 Å². The van der Waals surface area contributed by atoms with Gasteiger partial charge in [-0.3, -0.25) is 9.97 Å². The molecule has 4 heteroatoms. The molecule has 4 nitrogen and oxygen atoms in total. The van der Waals surface area contributed by atoms with E-state index in [4.69, 9.17) is 9.97 Å². The molecule has 0 spiro atoms. The van der Waals surface area contributed by atoms with Gasteiger partial charge in [-0.25, -0.2) is 4.98 Å². The van der Waals surface area contributed by atoms with E-state index in [1.807, 2.05) is 48.9 Å². The third-order valence-corrected chi connectivity index (χ3v) is 7.22. The largest absolute Gasteiger partial charge is 0.339 e. The first kappa shape index (κ1) is 26.1. The molecule has 6 rings (SSSR count). The molecule has 3 heterocycles. The van der Waals surface area contributed by atoms with Crippen LogP contribution in [0.2, 0.25) is 0 Å². The SMILES string of the molecule is CC(C)(C)c1ccc(Nc2ncccc2-c2cccc(-c3ccccn3)c2)c(-c2cc(-c3ccccc3)ccn2)c1. The van der Waals surface area contributed by atoms with Crippen LogP contribution >= 0.6 is 0 Å². The summed E-state index contributed by atoms with van der Waals surface area (Å²) in [6.07, 6.45) is 5.54. The second kappa shape index (κ2) is 11.2. The number of hydrogen-bond donors (Lipinski definition) is 1. The minimum Gasteiger partial charge on any atom is -0.339 e. The molecule has 0 saturated carbocycles. The average Bonchev–Trinajstić information content (AvgIpc) is 3.02. The minimum atomic E-state index is -0.00755. The summed E-state index contributed by atoms with van der Waals surface area (Å²) in [5.74, 6) is 0.787. The molecule has 0 radical (unpaired) electrons. The zero-order chi connectivity index (χ0) is 28.2. The van der Waals surface area contributed by atoms with Crippen molar-refractivity contribution < 1.29 is 0 Å². The molecule has 0 fully saturated rings. The maximum Gasteiger partial charge on any atom is 0.138 e. The molecule has 0 atom stereocenters. The van der Waals surface area contributed by atoms with Crippen molar-refractivity contribution in [2.24, 2.45) is 0 Å². The predicted octanol–water partition coefficient (Wildman–Crippen LogP) is 9.58. The zero-order valence-electron chi connectivity index (χ0n) is 23.5. The highest BCUT2D eigenvalue weighted by Gasteiger charge is 2.18. The van der Waals surface area contributed by atoms with Gasteiger partial charge in [0, 0.05) is 41.0 Å². The first-order valence-corrected chi connectivity index (χ1v) is 13.9. The number of nitrogens with one attached hydrogen (secondary N) is 1. The highest BCUT2D eigenvalue weighted by molar-refractivity contribution is 5.86. The molecule has 3 aromatic carbocycles. The maximum atomic E-state index is 4.82. The Kier molecular flexibility index (Phi) is 7.13. The Bertz CT molecular complexity index is 1790. The van der Waals surface area contributed by atoms with Crippen molar-refractivity contribution >= 4 is 11.5 Å². The molecule has 200 valence electrons. The van der Waals surface area contributed by atoms with Crippen molar-refractivity contribution in [2.75, 3.05) is 5.32 Å². The van der Waals surface area contributed by atoms with Gasteiger partial charge >= 0.3 is 0 Å². The third-order valence-electron chi connectivity index (χ3n) is 7.22. The van der Waals surface area contributed by atoms with Crippen molar-refractivity contribution in [3.63, 3.8) is 0 Å². The number of pyridine rings is 3. The van der Waals surface area contributed by atoms with E-state index in [9.17, 15) is 0 Å². The molecule has 0 bridgehead atoms. The van der Waals surface area contributed by atoms with Crippen LogP contribution in [-0.4, -0.2) is 15.0 Å². The van der Waals surface area contributed by atoms with E-state index in [2.05, 4.69) is 116 Å². The molecular weight excluding hydrogens is 500 g/mol. The van der Waals surface area contributed by atoms with Crippen LogP contribution < -0.4 is 5.32 Å². The average molecular weight is 533 g/mol. The molecule has 0 aliphatic carbocycles. The number of anilines is 2. The Morgan fingerprint density at radius 2 is 1.24 bits per heavy atom. The molecule has 0 aliphatic rings. The molecule has 3 aromatic heterocycles. The van der Waals surface area contributed by atoms with Gasteiger partial charge in [-0.15, -0.1) is 0 Å². The number of nitrogens with zero attached hydrogens (tertiary/aromatic N) is 3. The van der Waals surface area contributed by atoms with Gasteiger partial charge in [0.15, 0.2) is 0 Å². The number of benzene rings is 3. The van der Waals surface area contributed by atoms with E-state index in [-0.39, 0.29) is 5.41 Å². The van der Waals surface area contributed by atoms with Crippen LogP contribution in [0.4, 0.5) is 11.5 Å². The zero-order valence-corrected chi connectivity index (χ0v) is 23.5. The summed E-state index contributed by atoms with van der Waals surface area (Å²) in [6, 6.07) is 39.7. The molecular formula is C37H32N4. The molecule has 1 N–H and O–H groups in total. The summed E-state index contributed by atoms with van der Waals surface area (Å²) in [4.78, 5) is 14.1. The second-order valence-electron chi connectivity index (χ2n) is 11.1. The lowest BCUT2D eigenvalue weighted by atomic mass is 9.85. The molecule has 0 amide bonds. The Morgan fingerprint density at radius 1 is 0.488 bits per heavy atom. The van der Waals surface area contributed by atoms with Gasteiger partial charge in [0.2, 0.25) is 0 Å². The minimum absolute atomic E-state index is 0.00755. The topological polar surface area (TPSA) is 50.7 Å². The van der Waals surface area contributed by atoms with E-state index >= 15 is 0 Å². The summed E-state index contributed by atoms with van der Waals surface area (Å²) in [5, 5.41) is 3.67. The lowest BCUT2D eigenvalue weighted by Crippen LogP contribution is -2.11. The summed E-state index contributed by atoms with van der Waals surface area (Å²) < 4.78 is 0. The van der Waals surface area contributed by atoms with Gasteiger partial charge < -0.3 is 5.32 Å². The quantitative estimate of drug-likeness (QED) is 0.232. The first-order chi connectivity index (χ1) is 20.0. The predicted molar refractivity (Wildman–Crippen MR) is 170 cm³/mol. The van der Waals surface area contributed by atoms with E-state index in [1.54, 1.807) is 0 Å². The highest BCUT2D eigenvalue weighted by Crippen LogP contribution is 2.37. The number of rotatable bonds is 6. The van der Waals surface area contributed by atoms with Crippen LogP contribution in [0.25, 0.3) is 44.8 Å². The number of hydrogen-bond acceptors (Lipinski definition) is 4. The van der Waals surface area contributed by atoms with E-state index in [0.717, 1.165) is 56.3 Å². The van der Waals surface area contributed by atoms with Crippen molar-refractivity contribution in [2.45, 2.75) is 26.2 Å². The van der Waals surface area contributed by atoms with Crippen molar-refractivity contribution in [1.29, 1.82) is 0 Å². The molecule has 0 aliphatic heterocycles. The molecule has 41 heavy (non-hydrogen) atoms. The fourth-order valence-electron chi connectivity index (χ4n) is 4.96. The Hall–Kier alpha value is -5.09. The van der Waals surface area contributed by atoms with Crippen LogP contribution in [-0.2, 0) is 5.41 Å². The van der Waals surface area contributed by atoms with Crippen LogP contribution in [0.5, 0.6) is 0 Å². The Morgan fingerprint density at radius 3 is 2.05 bits per heavy atom. The molecule has 0 saturated heterocycles. The van der Waals surface area contributed by atoms with E-state index in [1.165, 1.54) is 5.56 Å². The first-order valence-electron chi connectivity index (χ1n) is 13.9. The van der Waals surface area contributed by atoms with Gasteiger partial charge in [0.25, 0.3) is 0 Å². The Balaban J connectivity index is 1.43. The van der Waals surface area contributed by atoms with E-state index in [0.29, 0.717) is 0 Å². The van der Waals surface area contributed by atoms with Crippen molar-refractivity contribution in [3.05, 3.63) is 139 Å². The standard InChI is InChI=1S/C37H32N4/c1-37(2,3)30-17-18-34(32(25-30)35-24-27(19-22-39-35)26-11-5-4-6-12-26)41-36-31(15-10-21-40-36)28-13-9-14-29(23-28)33-16-7-8-20-38-33/h4-25H,1-3H3,(H,40,41). The summed E-state index contributed by atoms with van der Waals surface area (Å²) in [6.45, 7) is 6.70. The lowest BCUT2D eigenvalue weighted by Gasteiger charge is -2.22. The fourth-order valence-corrected chi connectivity index (χ4v) is 4.96. The fraction of sp³-hybridized carbons (Fsp3) is 0.108.